The third-order valence-electron chi connectivity index (χ3n) is 11.2. The van der Waals surface area contributed by atoms with Gasteiger partial charge in [0, 0.05) is 23.0 Å². The normalized spacial score (nSPS) is 26.4. The summed E-state index contributed by atoms with van der Waals surface area (Å²) in [5.41, 5.74) is -1.09. The van der Waals surface area contributed by atoms with Crippen LogP contribution < -0.4 is 9.91 Å². The maximum atomic E-state index is 15.3. The van der Waals surface area contributed by atoms with Crippen molar-refractivity contribution in [1.82, 2.24) is 9.99 Å². The number of hydrogen-bond donors (Lipinski definition) is 1. The van der Waals surface area contributed by atoms with Crippen molar-refractivity contribution in [2.45, 2.75) is 30.4 Å². The number of carbonyl (C=O) groups is 4. The average Bonchev–Trinajstić information content (AvgIpc) is 3.52. The molecule has 9 nitrogen and oxygen atoms in total. The van der Waals surface area contributed by atoms with Crippen molar-refractivity contribution in [3.8, 4) is 5.75 Å². The van der Waals surface area contributed by atoms with Crippen LogP contribution in [0.25, 0.3) is 0 Å². The van der Waals surface area contributed by atoms with E-state index in [0.29, 0.717) is 27.8 Å². The summed E-state index contributed by atoms with van der Waals surface area (Å²) in [6.07, 6.45) is -3.01. The van der Waals surface area contributed by atoms with Crippen molar-refractivity contribution < 1.29 is 37.5 Å². The molecule has 4 amide bonds. The highest BCUT2D eigenvalue weighted by molar-refractivity contribution is 6.33. The maximum absolute atomic E-state index is 15.3. The second-order valence-corrected chi connectivity index (χ2v) is 15.1. The van der Waals surface area contributed by atoms with Crippen molar-refractivity contribution in [3.05, 3.63) is 128 Å². The molecule has 0 unspecified atom stereocenters. The number of pyridine rings is 1. The molecular formula is C39H28Cl3F3N4O5. The Balaban J connectivity index is 1.30. The van der Waals surface area contributed by atoms with Gasteiger partial charge in [-0.05, 0) is 72.4 Å². The molecule has 15 heteroatoms. The molecule has 3 aromatic carbocycles. The second kappa shape index (κ2) is 12.9. The van der Waals surface area contributed by atoms with Gasteiger partial charge in [-0.1, -0.05) is 88.9 Å². The van der Waals surface area contributed by atoms with E-state index < -0.39 is 76.3 Å². The molecule has 2 saturated heterocycles. The summed E-state index contributed by atoms with van der Waals surface area (Å²) >= 11 is 19.5. The zero-order valence-corrected chi connectivity index (χ0v) is 30.4. The van der Waals surface area contributed by atoms with Crippen LogP contribution in [0.2, 0.25) is 15.1 Å². The first-order valence-electron chi connectivity index (χ1n) is 16.9. The molecule has 1 saturated carbocycles. The number of anilines is 2. The highest BCUT2D eigenvalue weighted by Gasteiger charge is 2.70. The van der Waals surface area contributed by atoms with Crippen molar-refractivity contribution in [3.63, 3.8) is 0 Å². The number of fused-ring (bicyclic) bond motifs is 4. The molecule has 3 heterocycles. The molecule has 4 aliphatic rings. The number of benzene rings is 3. The van der Waals surface area contributed by atoms with Crippen molar-refractivity contribution in [2.75, 3.05) is 17.0 Å². The second-order valence-electron chi connectivity index (χ2n) is 13.8. The summed E-state index contributed by atoms with van der Waals surface area (Å²) in [5, 5.41) is 12.3. The fourth-order valence-corrected chi connectivity index (χ4v) is 9.72. The van der Waals surface area contributed by atoms with E-state index >= 15 is 4.79 Å². The van der Waals surface area contributed by atoms with E-state index in [1.54, 1.807) is 54.6 Å². The number of hydrazine groups is 1. The smallest absolute Gasteiger partial charge is 0.433 e. The lowest BCUT2D eigenvalue weighted by molar-refractivity contribution is -0.141. The Kier molecular flexibility index (Phi) is 8.59. The number of aromatic hydroxyl groups is 1. The van der Waals surface area contributed by atoms with E-state index in [-0.39, 0.29) is 34.3 Å². The monoisotopic (exact) mass is 794 g/mol. The predicted molar refractivity (Wildman–Crippen MR) is 194 cm³/mol. The standard InChI is InChI=1S/C39H28Cl3F3N4O5/c1-47(33-28(41)14-15-30(46-33)39(43,44)45)49-34(51)25-13-12-23-26(31(25)36(49)53)18-27-35(52)48(21-9-5-8-20(40)16-21)37(54)38(27,19-6-3-2-4-7-19)32(23)24-11-10-22(50)17-29(24)42/h2-12,14-17,25-27,31-32,50H,13,18H2,1H3/t25-,26+,27-,31-,32+,38+/m0/s1. The Bertz CT molecular complexity index is 2310. The summed E-state index contributed by atoms with van der Waals surface area (Å²) < 4.78 is 41.0. The van der Waals surface area contributed by atoms with Crippen molar-refractivity contribution in [1.29, 1.82) is 0 Å². The summed E-state index contributed by atoms with van der Waals surface area (Å²) in [5.74, 6) is -7.93. The Morgan fingerprint density at radius 1 is 0.852 bits per heavy atom. The quantitative estimate of drug-likeness (QED) is 0.161. The number of aromatic nitrogens is 1. The van der Waals surface area contributed by atoms with Gasteiger partial charge in [0.2, 0.25) is 11.8 Å². The molecule has 3 fully saturated rings. The van der Waals surface area contributed by atoms with Crippen LogP contribution in [0.5, 0.6) is 5.75 Å². The highest BCUT2D eigenvalue weighted by Crippen LogP contribution is 2.65. The number of phenols is 1. The zero-order chi connectivity index (χ0) is 38.4. The van der Waals surface area contributed by atoms with E-state index in [9.17, 15) is 32.7 Å². The average molecular weight is 796 g/mol. The van der Waals surface area contributed by atoms with E-state index in [2.05, 4.69) is 4.98 Å². The van der Waals surface area contributed by atoms with Gasteiger partial charge in [0.25, 0.3) is 11.8 Å². The minimum atomic E-state index is -4.83. The number of phenolic OH excluding ortho intramolecular Hbond substituents is 1. The minimum Gasteiger partial charge on any atom is -0.508 e. The molecule has 4 aromatic rings. The topological polar surface area (TPSA) is 111 Å². The molecule has 2 aliphatic heterocycles. The van der Waals surface area contributed by atoms with Crippen LogP contribution >= 0.6 is 34.8 Å². The first-order valence-corrected chi connectivity index (χ1v) is 18.0. The number of imide groups is 2. The summed E-state index contributed by atoms with van der Waals surface area (Å²) in [4.78, 5) is 63.6. The molecule has 0 radical (unpaired) electrons. The number of allylic oxidation sites excluding steroid dienone is 2. The molecule has 276 valence electrons. The van der Waals surface area contributed by atoms with Gasteiger partial charge in [-0.3, -0.25) is 24.2 Å². The summed E-state index contributed by atoms with van der Waals surface area (Å²) in [6.45, 7) is 0. The van der Waals surface area contributed by atoms with Crippen molar-refractivity contribution >= 4 is 69.9 Å². The van der Waals surface area contributed by atoms with E-state index in [0.717, 1.165) is 21.0 Å². The maximum Gasteiger partial charge on any atom is 0.433 e. The van der Waals surface area contributed by atoms with Crippen LogP contribution in [0.1, 0.15) is 35.6 Å². The number of carbonyl (C=O) groups excluding carboxylic acids is 4. The summed E-state index contributed by atoms with van der Waals surface area (Å²) in [7, 11) is 1.23. The molecule has 8 rings (SSSR count). The van der Waals surface area contributed by atoms with Crippen LogP contribution in [0.3, 0.4) is 0 Å². The van der Waals surface area contributed by atoms with E-state index in [1.165, 1.54) is 25.2 Å². The van der Waals surface area contributed by atoms with Gasteiger partial charge in [0.15, 0.2) is 5.82 Å². The molecular weight excluding hydrogens is 768 g/mol. The largest absolute Gasteiger partial charge is 0.508 e. The molecule has 1 N–H and O–H groups in total. The van der Waals surface area contributed by atoms with Gasteiger partial charge in [-0.25, -0.2) is 9.88 Å². The lowest BCUT2D eigenvalue weighted by atomic mass is 9.49. The number of alkyl halides is 3. The van der Waals surface area contributed by atoms with Gasteiger partial charge in [-0.15, -0.1) is 0 Å². The molecule has 6 atom stereocenters. The van der Waals surface area contributed by atoms with Crippen LogP contribution in [-0.4, -0.2) is 45.8 Å². The van der Waals surface area contributed by atoms with Crippen LogP contribution in [0.4, 0.5) is 24.7 Å². The molecule has 0 bridgehead atoms. The van der Waals surface area contributed by atoms with Crippen LogP contribution in [0.15, 0.2) is 96.6 Å². The molecule has 1 aromatic heterocycles. The predicted octanol–water partition coefficient (Wildman–Crippen LogP) is 7.98. The van der Waals surface area contributed by atoms with Gasteiger partial charge < -0.3 is 5.11 Å². The highest BCUT2D eigenvalue weighted by atomic mass is 35.5. The Morgan fingerprint density at radius 2 is 1.59 bits per heavy atom. The Labute approximate surface area is 321 Å². The molecule has 2 aliphatic carbocycles. The van der Waals surface area contributed by atoms with E-state index in [4.69, 9.17) is 34.8 Å². The van der Waals surface area contributed by atoms with Crippen molar-refractivity contribution in [2.24, 2.45) is 23.7 Å². The molecule has 0 spiro atoms. The zero-order valence-electron chi connectivity index (χ0n) is 28.1. The fourth-order valence-electron chi connectivity index (χ4n) is 9.03. The lowest BCUT2D eigenvalue weighted by Gasteiger charge is -2.51. The lowest BCUT2D eigenvalue weighted by Crippen LogP contribution is -2.53. The van der Waals surface area contributed by atoms with Gasteiger partial charge in [-0.2, -0.15) is 18.2 Å². The number of halogens is 6. The number of rotatable bonds is 5. The Morgan fingerprint density at radius 3 is 2.28 bits per heavy atom. The third-order valence-corrected chi connectivity index (χ3v) is 12.0. The number of nitrogens with zero attached hydrogens (tertiary/aromatic N) is 4. The van der Waals surface area contributed by atoms with Gasteiger partial charge in [0.1, 0.15) is 11.4 Å². The number of amides is 4. The number of hydrogen-bond acceptors (Lipinski definition) is 7. The fraction of sp³-hybridized carbons (Fsp3) is 0.256. The SMILES string of the molecule is CN(c1nc(C(F)(F)F)ccc1Cl)N1C(=O)[C@H]2[C@H](CC=C3[C@H]2C[C@H]2C(=O)N(c4cccc(Cl)c4)C(=O)[C@@]2(c2ccccc2)[C@H]3c2ccc(O)cc2Cl)C1=O. The first kappa shape index (κ1) is 36.1. The third kappa shape index (κ3) is 5.25. The van der Waals surface area contributed by atoms with E-state index in [1.807, 2.05) is 6.08 Å². The molecule has 54 heavy (non-hydrogen) atoms. The summed E-state index contributed by atoms with van der Waals surface area (Å²) in [6, 6.07) is 21.2. The van der Waals surface area contributed by atoms with Gasteiger partial charge >= 0.3 is 6.18 Å². The van der Waals surface area contributed by atoms with Gasteiger partial charge in [0.05, 0.1) is 33.9 Å². The minimum absolute atomic E-state index is 0.0329. The Hall–Kier alpha value is -4.91. The van der Waals surface area contributed by atoms with Crippen LogP contribution in [0, 0.1) is 23.7 Å². The first-order chi connectivity index (χ1) is 25.7. The van der Waals surface area contributed by atoms with Crippen LogP contribution in [-0.2, 0) is 30.8 Å².